The maximum atomic E-state index is 13.4. The van der Waals surface area contributed by atoms with E-state index in [1.807, 2.05) is 5.43 Å². The van der Waals surface area contributed by atoms with E-state index < -0.39 is 46.8 Å². The van der Waals surface area contributed by atoms with Gasteiger partial charge in [0.1, 0.15) is 33.9 Å². The van der Waals surface area contributed by atoms with Gasteiger partial charge >= 0.3 is 5.97 Å². The van der Waals surface area contributed by atoms with Gasteiger partial charge in [0.25, 0.3) is 23.5 Å². The van der Waals surface area contributed by atoms with E-state index in [0.29, 0.717) is 11.4 Å². The number of aliphatic carboxylic acids is 1. The van der Waals surface area contributed by atoms with E-state index in [1.54, 1.807) is 11.4 Å². The normalized spacial score (nSPS) is 19.9. The molecule has 3 atom stereocenters. The van der Waals surface area contributed by atoms with Gasteiger partial charge in [0.2, 0.25) is 5.60 Å². The zero-order chi connectivity index (χ0) is 34.5. The highest BCUT2D eigenvalue weighted by Crippen LogP contribution is 2.42. The van der Waals surface area contributed by atoms with Gasteiger partial charge in [0.05, 0.1) is 5.69 Å². The van der Waals surface area contributed by atoms with Crippen molar-refractivity contribution in [2.24, 2.45) is 11.0 Å². The van der Waals surface area contributed by atoms with Gasteiger partial charge in [-0.05, 0) is 45.6 Å². The Labute approximate surface area is 284 Å². The Hall–Kier alpha value is -4.31. The number of carbonyl (C=O) groups is 4. The number of aliphatic hydroxyl groups is 1. The number of oxime groups is 1. The molecule has 3 aliphatic rings. The van der Waals surface area contributed by atoms with Crippen LogP contribution in [0.5, 0.6) is 0 Å². The van der Waals surface area contributed by atoms with Crippen molar-refractivity contribution in [2.45, 2.75) is 68.2 Å². The van der Waals surface area contributed by atoms with Crippen LogP contribution < -0.4 is 22.3 Å². The number of carboxylic acids is 1. The molecule has 0 aromatic carbocycles. The van der Waals surface area contributed by atoms with E-state index >= 15 is 0 Å². The van der Waals surface area contributed by atoms with Gasteiger partial charge in [-0.1, -0.05) is 5.16 Å². The van der Waals surface area contributed by atoms with Gasteiger partial charge in [0, 0.05) is 22.4 Å². The van der Waals surface area contributed by atoms with Crippen LogP contribution in [0.2, 0.25) is 0 Å². The Morgan fingerprint density at radius 2 is 2.04 bits per heavy atom. The number of aryl methyl sites for hydroxylation is 1. The molecular formula is C27H31N11O7S3. The van der Waals surface area contributed by atoms with Crippen molar-refractivity contribution >= 4 is 75.2 Å². The van der Waals surface area contributed by atoms with Crippen LogP contribution in [0.15, 0.2) is 26.8 Å². The van der Waals surface area contributed by atoms with Crippen LogP contribution in [-0.2, 0) is 36.9 Å². The number of thioether (sulfide) groups is 2. The summed E-state index contributed by atoms with van der Waals surface area (Å²) in [6, 6.07) is -1.08. The number of aliphatic hydroxyl groups excluding tert-OH is 1. The molecule has 0 radical (unpaired) electrons. The average Bonchev–Trinajstić information content (AvgIpc) is 3.81. The van der Waals surface area contributed by atoms with Crippen molar-refractivity contribution in [3.05, 3.63) is 39.4 Å². The molecule has 2 unspecified atom stereocenters. The summed E-state index contributed by atoms with van der Waals surface area (Å²) < 4.78 is 1.58. The first-order valence-corrected chi connectivity index (χ1v) is 17.5. The Morgan fingerprint density at radius 1 is 1.27 bits per heavy atom. The van der Waals surface area contributed by atoms with Crippen molar-refractivity contribution in [3.63, 3.8) is 0 Å². The van der Waals surface area contributed by atoms with E-state index in [-0.39, 0.29) is 39.6 Å². The molecule has 6 rings (SSSR count). The second-order valence-corrected chi connectivity index (χ2v) is 14.5. The number of amides is 3. The number of nitrogens with two attached hydrogens (primary N) is 2. The number of thiazole rings is 1. The molecule has 1 fully saturated rings. The number of hydrogen-bond donors (Lipinski definition) is 6. The summed E-state index contributed by atoms with van der Waals surface area (Å²) in [5.41, 5.74) is 8.13. The van der Waals surface area contributed by atoms with E-state index in [0.717, 1.165) is 46.9 Å². The molecule has 21 heteroatoms. The Kier molecular flexibility index (Phi) is 9.06. The summed E-state index contributed by atoms with van der Waals surface area (Å²) in [7, 11) is 0. The monoisotopic (exact) mass is 717 g/mol. The average molecular weight is 718 g/mol. The van der Waals surface area contributed by atoms with Crippen LogP contribution in [0, 0.1) is 0 Å². The number of hydrogen-bond acceptors (Lipinski definition) is 16. The molecule has 254 valence electrons. The Morgan fingerprint density at radius 3 is 2.71 bits per heavy atom. The fourth-order valence-corrected chi connectivity index (χ4v) is 8.53. The fraction of sp³-hybridized carbons (Fsp3) is 0.444. The van der Waals surface area contributed by atoms with Gasteiger partial charge in [-0.3, -0.25) is 24.7 Å². The predicted molar refractivity (Wildman–Crippen MR) is 174 cm³/mol. The summed E-state index contributed by atoms with van der Waals surface area (Å²) in [5.74, 6) is 2.87. The van der Waals surface area contributed by atoms with Crippen molar-refractivity contribution in [2.75, 3.05) is 17.2 Å². The topological polar surface area (TPSA) is 266 Å². The minimum absolute atomic E-state index is 0.0500. The lowest BCUT2D eigenvalue weighted by Crippen LogP contribution is -2.71. The van der Waals surface area contributed by atoms with E-state index in [4.69, 9.17) is 16.4 Å². The first-order chi connectivity index (χ1) is 22.8. The van der Waals surface area contributed by atoms with Crippen molar-refractivity contribution in [1.82, 2.24) is 40.2 Å². The molecule has 8 N–H and O–H groups in total. The number of hydrazine groups is 1. The highest BCUT2D eigenvalue weighted by atomic mass is 32.2. The summed E-state index contributed by atoms with van der Waals surface area (Å²) in [4.78, 5) is 71.1. The molecular weight excluding hydrogens is 687 g/mol. The van der Waals surface area contributed by atoms with E-state index in [9.17, 15) is 29.4 Å². The number of carbonyl (C=O) groups excluding carboxylic acids is 3. The van der Waals surface area contributed by atoms with Gasteiger partial charge in [0.15, 0.2) is 16.7 Å². The number of anilines is 1. The lowest BCUT2D eigenvalue weighted by molar-refractivity contribution is -0.150. The zero-order valence-corrected chi connectivity index (χ0v) is 28.2. The Balaban J connectivity index is 1.22. The molecule has 0 spiro atoms. The van der Waals surface area contributed by atoms with Crippen molar-refractivity contribution in [3.8, 4) is 0 Å². The molecule has 2 aliphatic heterocycles. The van der Waals surface area contributed by atoms with E-state index in [1.165, 1.54) is 47.7 Å². The molecule has 0 bridgehead atoms. The van der Waals surface area contributed by atoms with Crippen LogP contribution in [-0.4, -0.2) is 97.6 Å². The number of carboxylic acid groups (broad SMARTS) is 1. The standard InChI is InChI=1S/C27H31N11O7S3/c1-10(39)18-33-26-31-13-6-4-5-12(13)21(38(26)35-18)46-7-11-8-47-22-16(20(41)37(22)17(11)23(42)43)32-19(40)15(14-9-48-25(28)30-14)36-45-27(2,3)24(44)34-29/h9-10,16,22,39H,4-8,29H2,1-3H3,(H2,28,30)(H,32,40)(H,34,44)(H,42,43)/t10?,16?,22-/m0/s1. The van der Waals surface area contributed by atoms with Gasteiger partial charge in [-0.25, -0.2) is 20.6 Å². The largest absolute Gasteiger partial charge is 0.477 e. The first-order valence-electron chi connectivity index (χ1n) is 14.6. The van der Waals surface area contributed by atoms with Crippen LogP contribution in [0.25, 0.3) is 5.78 Å². The summed E-state index contributed by atoms with van der Waals surface area (Å²) in [6.07, 6.45) is 1.58. The number of rotatable bonds is 11. The number of nitrogens with one attached hydrogen (secondary N) is 2. The second-order valence-electron chi connectivity index (χ2n) is 11.5. The van der Waals surface area contributed by atoms with Crippen molar-refractivity contribution in [1.29, 1.82) is 0 Å². The molecule has 3 amide bonds. The maximum absolute atomic E-state index is 13.4. The summed E-state index contributed by atoms with van der Waals surface area (Å²) >= 11 is 3.73. The minimum atomic E-state index is -1.56. The summed E-state index contributed by atoms with van der Waals surface area (Å²) in [6.45, 7) is 4.33. The third-order valence-corrected chi connectivity index (χ3v) is 11.0. The molecule has 1 aliphatic carbocycles. The summed E-state index contributed by atoms with van der Waals surface area (Å²) in [5, 5.41) is 32.9. The van der Waals surface area contributed by atoms with Crippen LogP contribution in [0.1, 0.15) is 56.1 Å². The quantitative estimate of drug-likeness (QED) is 0.0283. The number of aromatic nitrogens is 5. The van der Waals surface area contributed by atoms with Gasteiger partial charge in [-0.2, -0.15) is 9.50 Å². The molecule has 18 nitrogen and oxygen atoms in total. The molecule has 1 saturated heterocycles. The van der Waals surface area contributed by atoms with Crippen LogP contribution in [0.4, 0.5) is 5.13 Å². The van der Waals surface area contributed by atoms with Crippen molar-refractivity contribution < 1.29 is 34.2 Å². The Bertz CT molecular complexity index is 1900. The molecule has 3 aromatic heterocycles. The number of nitrogen functional groups attached to an aromatic ring is 1. The lowest BCUT2D eigenvalue weighted by atomic mass is 10.0. The van der Waals surface area contributed by atoms with Gasteiger partial charge < -0.3 is 26.1 Å². The third kappa shape index (κ3) is 6.06. The zero-order valence-electron chi connectivity index (χ0n) is 25.8. The number of fused-ring (bicyclic) bond motifs is 3. The minimum Gasteiger partial charge on any atom is -0.477 e. The van der Waals surface area contributed by atoms with Gasteiger partial charge in [-0.15, -0.1) is 40.0 Å². The van der Waals surface area contributed by atoms with E-state index in [2.05, 4.69) is 30.5 Å². The third-order valence-electron chi connectivity index (χ3n) is 7.80. The van der Waals surface area contributed by atoms with Crippen LogP contribution >= 0.6 is 34.9 Å². The fourth-order valence-electron chi connectivity index (χ4n) is 5.32. The highest BCUT2D eigenvalue weighted by molar-refractivity contribution is 8.01. The first kappa shape index (κ1) is 33.6. The molecule has 3 aromatic rings. The molecule has 0 saturated carbocycles. The lowest BCUT2D eigenvalue weighted by Gasteiger charge is -2.49. The maximum Gasteiger partial charge on any atom is 0.352 e. The predicted octanol–water partition coefficient (Wildman–Crippen LogP) is -0.275. The highest BCUT2D eigenvalue weighted by Gasteiger charge is 2.54. The molecule has 48 heavy (non-hydrogen) atoms. The smallest absolute Gasteiger partial charge is 0.352 e. The number of β-lactam (4-membered cyclic amide) rings is 1. The molecule has 5 heterocycles. The second kappa shape index (κ2) is 13.0. The number of nitrogens with zero attached hydrogens (tertiary/aromatic N) is 7. The van der Waals surface area contributed by atoms with Crippen LogP contribution in [0.3, 0.4) is 0 Å². The SMILES string of the molecule is CC(O)c1nc2nc3c(c(SCC4=C(C(=O)O)N5C(=O)C(NC(=O)C(=NOC(C)(C)C(=O)NN)c6csc(N)n6)[C@@H]5SC4)n2n1)CCC3.